The number of aliphatic hydroxyl groups is 2. The highest BCUT2D eigenvalue weighted by molar-refractivity contribution is 5.73. The Hall–Kier alpha value is -3.22. The van der Waals surface area contributed by atoms with E-state index >= 15 is 0 Å². The van der Waals surface area contributed by atoms with Crippen molar-refractivity contribution in [1.82, 2.24) is 0 Å². The Morgan fingerprint density at radius 1 is 0.976 bits per heavy atom. The molecule has 0 radical (unpaired) electrons. The highest BCUT2D eigenvalue weighted by atomic mass is 16.5. The number of hydrogen-bond acceptors (Lipinski definition) is 6. The van der Waals surface area contributed by atoms with Gasteiger partial charge in [-0.05, 0) is 94.3 Å². The zero-order valence-corrected chi connectivity index (χ0v) is 25.5. The van der Waals surface area contributed by atoms with Crippen molar-refractivity contribution in [3.8, 4) is 23.0 Å². The number of ether oxygens (including phenoxy) is 2. The van der Waals surface area contributed by atoms with E-state index in [4.69, 9.17) is 9.47 Å². The Bertz CT molecular complexity index is 1340. The van der Waals surface area contributed by atoms with Crippen LogP contribution in [0.5, 0.6) is 23.0 Å². The minimum Gasteiger partial charge on any atom is -0.507 e. The predicted octanol–water partition coefficient (Wildman–Crippen LogP) is 6.97. The second-order valence-electron chi connectivity index (χ2n) is 12.9. The summed E-state index contributed by atoms with van der Waals surface area (Å²) in [5, 5.41) is 42.7. The number of allylic oxidation sites excluding steroid dienone is 4. The Labute approximate surface area is 244 Å². The summed E-state index contributed by atoms with van der Waals surface area (Å²) >= 11 is 0. The normalized spacial score (nSPS) is 25.3. The first-order valence-electron chi connectivity index (χ1n) is 14.5. The van der Waals surface area contributed by atoms with Crippen LogP contribution in [0.25, 0.3) is 12.2 Å². The molecular weight excluding hydrogens is 516 g/mol. The van der Waals surface area contributed by atoms with E-state index in [1.807, 2.05) is 39.0 Å². The zero-order valence-electron chi connectivity index (χ0n) is 25.5. The number of fused-ring (bicyclic) bond motifs is 2. The topological polar surface area (TPSA) is 99.4 Å². The summed E-state index contributed by atoms with van der Waals surface area (Å²) in [6, 6.07) is 7.28. The van der Waals surface area contributed by atoms with Crippen LogP contribution < -0.4 is 9.47 Å². The lowest BCUT2D eigenvalue weighted by Gasteiger charge is -2.56. The summed E-state index contributed by atoms with van der Waals surface area (Å²) in [7, 11) is 1.61. The standard InChI is InChI=1S/C35H46O6/c1-21(2)9-8-10-22(3)11-14-26-27(36)16-24(17-28(26)37)13-12-23-15-25-19-31-34(4,5)33(39)29(38)20-35(31,6)41-32(25)30(18-23)40-7/h9,11-13,15-18,29,31,33,36-39H,8,10,14,19-20H2,1-7H3/b13-12+,22-11+/t29?,31-,33?,35-/m1/s1. The van der Waals surface area contributed by atoms with E-state index in [1.165, 1.54) is 11.1 Å². The van der Waals surface area contributed by atoms with E-state index in [1.54, 1.807) is 19.2 Å². The Morgan fingerprint density at radius 3 is 2.22 bits per heavy atom. The van der Waals surface area contributed by atoms with Gasteiger partial charge in [-0.3, -0.25) is 0 Å². The molecule has 1 aliphatic heterocycles. The Balaban J connectivity index is 1.56. The largest absolute Gasteiger partial charge is 0.507 e. The van der Waals surface area contributed by atoms with Gasteiger partial charge in [0.05, 0.1) is 19.3 Å². The highest BCUT2D eigenvalue weighted by Gasteiger charge is 2.58. The van der Waals surface area contributed by atoms with Crippen LogP contribution in [0, 0.1) is 11.3 Å². The highest BCUT2D eigenvalue weighted by Crippen LogP contribution is 2.55. The van der Waals surface area contributed by atoms with Crippen molar-refractivity contribution in [3.63, 3.8) is 0 Å². The van der Waals surface area contributed by atoms with Gasteiger partial charge in [-0.25, -0.2) is 0 Å². The van der Waals surface area contributed by atoms with E-state index in [0.29, 0.717) is 41.9 Å². The first-order chi connectivity index (χ1) is 19.2. The molecule has 2 aliphatic rings. The molecule has 1 fully saturated rings. The van der Waals surface area contributed by atoms with Crippen molar-refractivity contribution in [2.45, 2.75) is 91.5 Å². The van der Waals surface area contributed by atoms with Crippen LogP contribution in [0.4, 0.5) is 0 Å². The molecule has 0 saturated heterocycles. The molecule has 1 aliphatic carbocycles. The van der Waals surface area contributed by atoms with Gasteiger partial charge in [0, 0.05) is 23.3 Å². The van der Waals surface area contributed by atoms with Gasteiger partial charge in [-0.15, -0.1) is 0 Å². The monoisotopic (exact) mass is 562 g/mol. The number of phenolic OH excluding ortho intramolecular Hbond substituents is 2. The second kappa shape index (κ2) is 11.9. The molecule has 1 saturated carbocycles. The number of benzene rings is 2. The number of aliphatic hydroxyl groups excluding tert-OH is 2. The molecule has 0 spiro atoms. The fourth-order valence-corrected chi connectivity index (χ4v) is 6.53. The van der Waals surface area contributed by atoms with Crippen LogP contribution in [-0.2, 0) is 12.8 Å². The average Bonchev–Trinajstić information content (AvgIpc) is 2.89. The van der Waals surface area contributed by atoms with Gasteiger partial charge in [-0.2, -0.15) is 0 Å². The van der Waals surface area contributed by atoms with Crippen molar-refractivity contribution < 1.29 is 29.9 Å². The summed E-state index contributed by atoms with van der Waals surface area (Å²) in [5.74, 6) is 1.40. The molecule has 2 aromatic rings. The molecule has 6 nitrogen and oxygen atoms in total. The molecule has 2 aromatic carbocycles. The molecule has 0 aromatic heterocycles. The number of hydrogen-bond donors (Lipinski definition) is 4. The van der Waals surface area contributed by atoms with E-state index in [9.17, 15) is 20.4 Å². The van der Waals surface area contributed by atoms with Gasteiger partial charge in [0.15, 0.2) is 11.5 Å². The first-order valence-corrected chi connectivity index (χ1v) is 14.5. The summed E-state index contributed by atoms with van der Waals surface area (Å²) < 4.78 is 12.2. The summed E-state index contributed by atoms with van der Waals surface area (Å²) in [6.45, 7) is 12.2. The minimum absolute atomic E-state index is 0.00353. The molecule has 4 atom stereocenters. The van der Waals surface area contributed by atoms with Gasteiger partial charge in [0.2, 0.25) is 0 Å². The molecular formula is C35H46O6. The fourth-order valence-electron chi connectivity index (χ4n) is 6.53. The maximum atomic E-state index is 10.8. The van der Waals surface area contributed by atoms with Crippen LogP contribution in [0.15, 0.2) is 47.6 Å². The van der Waals surface area contributed by atoms with Crippen LogP contribution in [0.2, 0.25) is 0 Å². The van der Waals surface area contributed by atoms with Crippen molar-refractivity contribution in [2.75, 3.05) is 7.11 Å². The number of methoxy groups -OCH3 is 1. The number of aromatic hydroxyl groups is 2. The van der Waals surface area contributed by atoms with Crippen molar-refractivity contribution in [1.29, 1.82) is 0 Å². The SMILES string of the molecule is COc1cc(/C=C/c2cc(O)c(C/C=C(\C)CCC=C(C)C)c(O)c2)cc2c1O[C@]1(C)CC(O)C(O)C(C)(C)[C@H]1C2. The molecule has 2 unspecified atom stereocenters. The molecule has 222 valence electrons. The van der Waals surface area contributed by atoms with E-state index in [-0.39, 0.29) is 17.4 Å². The first kappa shape index (κ1) is 30.7. The van der Waals surface area contributed by atoms with Crippen LogP contribution in [0.3, 0.4) is 0 Å². The third kappa shape index (κ3) is 6.49. The predicted molar refractivity (Wildman–Crippen MR) is 164 cm³/mol. The molecule has 0 amide bonds. The zero-order chi connectivity index (χ0) is 30.1. The van der Waals surface area contributed by atoms with Crippen LogP contribution in [0.1, 0.15) is 83.1 Å². The van der Waals surface area contributed by atoms with Crippen molar-refractivity contribution in [3.05, 3.63) is 69.8 Å². The van der Waals surface area contributed by atoms with E-state index in [2.05, 4.69) is 39.0 Å². The maximum absolute atomic E-state index is 10.8. The third-order valence-electron chi connectivity index (χ3n) is 8.95. The summed E-state index contributed by atoms with van der Waals surface area (Å²) in [6.07, 6.45) is 9.77. The van der Waals surface area contributed by atoms with Gasteiger partial charge in [-0.1, -0.05) is 49.3 Å². The van der Waals surface area contributed by atoms with Gasteiger partial charge in [0.1, 0.15) is 17.1 Å². The summed E-state index contributed by atoms with van der Waals surface area (Å²) in [5.41, 5.74) is 4.42. The fraction of sp³-hybridized carbons (Fsp3) is 0.486. The van der Waals surface area contributed by atoms with Gasteiger partial charge >= 0.3 is 0 Å². The number of rotatable bonds is 8. The molecule has 41 heavy (non-hydrogen) atoms. The van der Waals surface area contributed by atoms with Crippen LogP contribution >= 0.6 is 0 Å². The molecule has 6 heteroatoms. The Morgan fingerprint density at radius 2 is 1.61 bits per heavy atom. The second-order valence-corrected chi connectivity index (χ2v) is 12.9. The quantitative estimate of drug-likeness (QED) is 0.205. The van der Waals surface area contributed by atoms with Gasteiger partial charge < -0.3 is 29.9 Å². The lowest BCUT2D eigenvalue weighted by molar-refractivity contribution is -0.187. The average molecular weight is 563 g/mol. The summed E-state index contributed by atoms with van der Waals surface area (Å²) in [4.78, 5) is 0. The van der Waals surface area contributed by atoms with Gasteiger partial charge in [0.25, 0.3) is 0 Å². The third-order valence-corrected chi connectivity index (χ3v) is 8.95. The molecule has 4 rings (SSSR count). The molecule has 0 bridgehead atoms. The smallest absolute Gasteiger partial charge is 0.165 e. The lowest BCUT2D eigenvalue weighted by atomic mass is 9.57. The maximum Gasteiger partial charge on any atom is 0.165 e. The van der Waals surface area contributed by atoms with Crippen molar-refractivity contribution >= 4 is 12.2 Å². The molecule has 4 N–H and O–H groups in total. The molecule has 1 heterocycles. The minimum atomic E-state index is -0.854. The Kier molecular flexibility index (Phi) is 8.95. The number of phenols is 2. The van der Waals surface area contributed by atoms with Crippen molar-refractivity contribution in [2.24, 2.45) is 11.3 Å². The lowest BCUT2D eigenvalue weighted by Crippen LogP contribution is -2.63. The van der Waals surface area contributed by atoms with E-state index in [0.717, 1.165) is 24.0 Å². The van der Waals surface area contributed by atoms with E-state index < -0.39 is 23.2 Å². The van der Waals surface area contributed by atoms with Crippen LogP contribution in [-0.4, -0.2) is 45.3 Å².